The first-order valence-electron chi connectivity index (χ1n) is 5.77. The molecule has 2 rings (SSSR count). The SMILES string of the molecule is CCc1cccc(Oc2cc(C(F)(F)F)nc(Cl)n2)c1. The van der Waals surface area contributed by atoms with E-state index in [0.29, 0.717) is 11.8 Å². The summed E-state index contributed by atoms with van der Waals surface area (Å²) in [5, 5.41) is -0.513. The summed E-state index contributed by atoms with van der Waals surface area (Å²) < 4.78 is 43.1. The lowest BCUT2D eigenvalue weighted by Crippen LogP contribution is -2.09. The lowest BCUT2D eigenvalue weighted by atomic mass is 10.2. The highest BCUT2D eigenvalue weighted by Gasteiger charge is 2.33. The second kappa shape index (κ2) is 5.66. The van der Waals surface area contributed by atoms with Crippen LogP contribution < -0.4 is 4.74 Å². The first-order chi connectivity index (χ1) is 9.38. The second-order valence-electron chi connectivity index (χ2n) is 3.96. The molecule has 20 heavy (non-hydrogen) atoms. The number of hydrogen-bond acceptors (Lipinski definition) is 3. The van der Waals surface area contributed by atoms with Crippen LogP contribution in [0.1, 0.15) is 18.2 Å². The van der Waals surface area contributed by atoms with Gasteiger partial charge in [-0.3, -0.25) is 0 Å². The number of nitrogens with zero attached hydrogens (tertiary/aromatic N) is 2. The van der Waals surface area contributed by atoms with Crippen LogP contribution in [-0.2, 0) is 12.6 Å². The van der Waals surface area contributed by atoms with Crippen LogP contribution in [-0.4, -0.2) is 9.97 Å². The minimum absolute atomic E-state index is 0.245. The maximum atomic E-state index is 12.6. The second-order valence-corrected chi connectivity index (χ2v) is 4.30. The van der Waals surface area contributed by atoms with Crippen molar-refractivity contribution >= 4 is 11.6 Å². The molecule has 0 saturated carbocycles. The molecule has 1 aromatic heterocycles. The van der Waals surface area contributed by atoms with Gasteiger partial charge in [0.1, 0.15) is 5.75 Å². The van der Waals surface area contributed by atoms with Gasteiger partial charge in [0.15, 0.2) is 5.69 Å². The summed E-state index contributed by atoms with van der Waals surface area (Å²) in [7, 11) is 0. The molecular formula is C13H10ClF3N2O. The average Bonchev–Trinajstić information content (AvgIpc) is 2.37. The van der Waals surface area contributed by atoms with Crippen molar-refractivity contribution in [2.75, 3.05) is 0 Å². The smallest absolute Gasteiger partial charge is 0.433 e. The van der Waals surface area contributed by atoms with E-state index in [2.05, 4.69) is 9.97 Å². The van der Waals surface area contributed by atoms with Gasteiger partial charge in [0, 0.05) is 6.07 Å². The van der Waals surface area contributed by atoms with Gasteiger partial charge in [0.05, 0.1) is 0 Å². The van der Waals surface area contributed by atoms with Crippen molar-refractivity contribution in [2.24, 2.45) is 0 Å². The van der Waals surface area contributed by atoms with Gasteiger partial charge in [-0.25, -0.2) is 4.98 Å². The van der Waals surface area contributed by atoms with Gasteiger partial charge in [-0.2, -0.15) is 18.2 Å². The van der Waals surface area contributed by atoms with Gasteiger partial charge >= 0.3 is 6.18 Å². The molecular weight excluding hydrogens is 293 g/mol. The molecule has 2 aromatic rings. The van der Waals surface area contributed by atoms with Crippen molar-refractivity contribution in [1.82, 2.24) is 9.97 Å². The average molecular weight is 303 g/mol. The van der Waals surface area contributed by atoms with E-state index in [4.69, 9.17) is 16.3 Å². The standard InChI is InChI=1S/C13H10ClF3N2O/c1-2-8-4-3-5-9(6-8)20-11-7-10(13(15,16)17)18-12(14)19-11/h3-7H,2H2,1H3. The number of halogens is 4. The monoisotopic (exact) mass is 302 g/mol. The van der Waals surface area contributed by atoms with Crippen molar-refractivity contribution in [3.63, 3.8) is 0 Å². The maximum Gasteiger partial charge on any atom is 0.433 e. The predicted molar refractivity (Wildman–Crippen MR) is 67.9 cm³/mol. The lowest BCUT2D eigenvalue weighted by molar-refractivity contribution is -0.141. The Bertz CT molecular complexity index is 617. The highest BCUT2D eigenvalue weighted by molar-refractivity contribution is 6.28. The van der Waals surface area contributed by atoms with Crippen molar-refractivity contribution in [3.05, 3.63) is 46.9 Å². The van der Waals surface area contributed by atoms with Crippen LogP contribution in [0.25, 0.3) is 0 Å². The summed E-state index contributed by atoms with van der Waals surface area (Å²) in [5.74, 6) is 0.151. The van der Waals surface area contributed by atoms with Gasteiger partial charge in [-0.05, 0) is 35.7 Å². The Balaban J connectivity index is 2.31. The normalized spacial score (nSPS) is 11.4. The van der Waals surface area contributed by atoms with Gasteiger partial charge in [0.25, 0.3) is 0 Å². The highest BCUT2D eigenvalue weighted by Crippen LogP contribution is 2.31. The topological polar surface area (TPSA) is 35.0 Å². The first kappa shape index (κ1) is 14.6. The molecule has 0 aliphatic heterocycles. The van der Waals surface area contributed by atoms with Crippen molar-refractivity contribution in [3.8, 4) is 11.6 Å². The fourth-order valence-electron chi connectivity index (χ4n) is 1.54. The predicted octanol–water partition coefficient (Wildman–Crippen LogP) is 4.50. The van der Waals surface area contributed by atoms with Crippen LogP contribution in [0, 0.1) is 0 Å². The molecule has 0 fully saturated rings. The number of rotatable bonds is 3. The Morgan fingerprint density at radius 1 is 1.20 bits per heavy atom. The third-order valence-corrected chi connectivity index (χ3v) is 2.66. The summed E-state index contributed by atoms with van der Waals surface area (Å²) in [6.45, 7) is 1.96. The first-order valence-corrected chi connectivity index (χ1v) is 6.15. The Kier molecular flexibility index (Phi) is 4.13. The van der Waals surface area contributed by atoms with Crippen LogP contribution in [0.15, 0.2) is 30.3 Å². The Hall–Kier alpha value is -1.82. The number of benzene rings is 1. The third-order valence-electron chi connectivity index (χ3n) is 2.49. The van der Waals surface area contributed by atoms with E-state index in [1.54, 1.807) is 18.2 Å². The molecule has 0 atom stereocenters. The summed E-state index contributed by atoms with van der Waals surface area (Å²) in [4.78, 5) is 6.76. The molecule has 0 N–H and O–H groups in total. The van der Waals surface area contributed by atoms with Gasteiger partial charge in [-0.15, -0.1) is 0 Å². The lowest BCUT2D eigenvalue weighted by Gasteiger charge is -2.09. The van der Waals surface area contributed by atoms with Crippen LogP contribution in [0.2, 0.25) is 5.28 Å². The largest absolute Gasteiger partial charge is 0.439 e. The molecule has 0 radical (unpaired) electrons. The van der Waals surface area contributed by atoms with Gasteiger partial charge < -0.3 is 4.74 Å². The number of aryl methyl sites for hydroxylation is 1. The van der Waals surface area contributed by atoms with Crippen molar-refractivity contribution < 1.29 is 17.9 Å². The molecule has 1 aromatic carbocycles. The molecule has 0 bridgehead atoms. The van der Waals surface area contributed by atoms with E-state index >= 15 is 0 Å². The molecule has 3 nitrogen and oxygen atoms in total. The number of alkyl halides is 3. The van der Waals surface area contributed by atoms with E-state index < -0.39 is 17.2 Å². The van der Waals surface area contributed by atoms with Gasteiger partial charge in [-0.1, -0.05) is 19.1 Å². The molecule has 0 saturated heterocycles. The number of aromatic nitrogens is 2. The molecule has 0 aliphatic carbocycles. The molecule has 7 heteroatoms. The number of hydrogen-bond donors (Lipinski definition) is 0. The fourth-order valence-corrected chi connectivity index (χ4v) is 1.72. The minimum Gasteiger partial charge on any atom is -0.439 e. The molecule has 0 amide bonds. The minimum atomic E-state index is -4.60. The van der Waals surface area contributed by atoms with Crippen LogP contribution in [0.5, 0.6) is 11.6 Å². The summed E-state index contributed by atoms with van der Waals surface area (Å²) >= 11 is 5.48. The van der Waals surface area contributed by atoms with E-state index in [0.717, 1.165) is 12.0 Å². The van der Waals surface area contributed by atoms with Crippen LogP contribution in [0.3, 0.4) is 0 Å². The Morgan fingerprint density at radius 3 is 2.60 bits per heavy atom. The zero-order valence-electron chi connectivity index (χ0n) is 10.4. The van der Waals surface area contributed by atoms with Gasteiger partial charge in [0.2, 0.25) is 11.2 Å². The zero-order valence-corrected chi connectivity index (χ0v) is 11.2. The van der Waals surface area contributed by atoms with Crippen LogP contribution >= 0.6 is 11.6 Å². The quantitative estimate of drug-likeness (QED) is 0.783. The van der Waals surface area contributed by atoms with Crippen molar-refractivity contribution in [2.45, 2.75) is 19.5 Å². The molecule has 0 spiro atoms. The van der Waals surface area contributed by atoms with E-state index in [9.17, 15) is 13.2 Å². The molecule has 0 aliphatic rings. The summed E-state index contributed by atoms with van der Waals surface area (Å²) in [5.41, 5.74) is -0.141. The zero-order chi connectivity index (χ0) is 14.8. The molecule has 1 heterocycles. The molecule has 0 unspecified atom stereocenters. The van der Waals surface area contributed by atoms with E-state index in [-0.39, 0.29) is 5.88 Å². The Labute approximate surface area is 118 Å². The fraction of sp³-hybridized carbons (Fsp3) is 0.231. The van der Waals surface area contributed by atoms with E-state index in [1.807, 2.05) is 13.0 Å². The Morgan fingerprint density at radius 2 is 1.95 bits per heavy atom. The third kappa shape index (κ3) is 3.60. The van der Waals surface area contributed by atoms with E-state index in [1.165, 1.54) is 0 Å². The summed E-state index contributed by atoms with van der Waals surface area (Å²) in [6.07, 6.45) is -3.81. The maximum absolute atomic E-state index is 12.6. The highest BCUT2D eigenvalue weighted by atomic mass is 35.5. The van der Waals surface area contributed by atoms with Crippen LogP contribution in [0.4, 0.5) is 13.2 Å². The number of ether oxygens (including phenoxy) is 1. The molecule has 106 valence electrons. The summed E-state index contributed by atoms with van der Waals surface area (Å²) in [6, 6.07) is 7.71. The van der Waals surface area contributed by atoms with Crippen molar-refractivity contribution in [1.29, 1.82) is 0 Å².